The summed E-state index contributed by atoms with van der Waals surface area (Å²) in [6.07, 6.45) is 5.45. The van der Waals surface area contributed by atoms with Crippen molar-refractivity contribution in [2.24, 2.45) is 0 Å². The first kappa shape index (κ1) is 16.8. The molecule has 3 heteroatoms. The van der Waals surface area contributed by atoms with Gasteiger partial charge in [0.2, 0.25) is 0 Å². The monoisotopic (exact) mass is 352 g/mol. The lowest BCUT2D eigenvalue weighted by atomic mass is 10.1. The lowest BCUT2D eigenvalue weighted by Crippen LogP contribution is -2.37. The maximum Gasteiger partial charge on any atom is 0.0415 e. The van der Waals surface area contributed by atoms with Crippen LogP contribution in [0, 0.1) is 0 Å². The zero-order valence-corrected chi connectivity index (χ0v) is 15.5. The Labute approximate surface area is 138 Å². The van der Waals surface area contributed by atoms with E-state index in [0.29, 0.717) is 0 Å². The van der Waals surface area contributed by atoms with Gasteiger partial charge >= 0.3 is 0 Å². The van der Waals surface area contributed by atoms with Crippen LogP contribution in [-0.2, 0) is 6.54 Å². The summed E-state index contributed by atoms with van der Waals surface area (Å²) in [6.45, 7) is 11.0. The predicted octanol–water partition coefficient (Wildman–Crippen LogP) is 5.11. The van der Waals surface area contributed by atoms with Crippen molar-refractivity contribution in [3.05, 3.63) is 28.2 Å². The number of hydrogen-bond acceptors (Lipinski definition) is 2. The average Bonchev–Trinajstić information content (AvgIpc) is 2.92. The molecule has 1 aliphatic rings. The number of rotatable bonds is 5. The fourth-order valence-corrected chi connectivity index (χ4v) is 3.59. The molecule has 1 saturated carbocycles. The van der Waals surface area contributed by atoms with E-state index in [9.17, 15) is 0 Å². The van der Waals surface area contributed by atoms with Gasteiger partial charge in [-0.2, -0.15) is 0 Å². The molecule has 2 nitrogen and oxygen atoms in total. The maximum absolute atomic E-state index is 3.63. The van der Waals surface area contributed by atoms with Gasteiger partial charge in [-0.15, -0.1) is 0 Å². The molecule has 0 heterocycles. The van der Waals surface area contributed by atoms with Crippen LogP contribution in [0.25, 0.3) is 0 Å². The number of hydrogen-bond donors (Lipinski definition) is 1. The van der Waals surface area contributed by atoms with E-state index in [1.807, 2.05) is 0 Å². The molecular formula is C18H29BrN2. The van der Waals surface area contributed by atoms with Crippen molar-refractivity contribution in [2.45, 2.75) is 71.5 Å². The van der Waals surface area contributed by atoms with Crippen molar-refractivity contribution in [3.8, 4) is 0 Å². The summed E-state index contributed by atoms with van der Waals surface area (Å²) < 4.78 is 1.17. The van der Waals surface area contributed by atoms with E-state index in [2.05, 4.69) is 72.0 Å². The van der Waals surface area contributed by atoms with E-state index in [4.69, 9.17) is 0 Å². The maximum atomic E-state index is 3.63. The van der Waals surface area contributed by atoms with Crippen molar-refractivity contribution in [1.29, 1.82) is 0 Å². The first-order valence-corrected chi connectivity index (χ1v) is 9.00. The Hall–Kier alpha value is -0.540. The Balaban J connectivity index is 2.23. The second kappa shape index (κ2) is 7.15. The van der Waals surface area contributed by atoms with Crippen LogP contribution in [0.3, 0.4) is 0 Å². The molecule has 1 aliphatic carbocycles. The topological polar surface area (TPSA) is 15.3 Å². The Bertz CT molecular complexity index is 459. The molecule has 0 aliphatic heterocycles. The van der Waals surface area contributed by atoms with Gasteiger partial charge in [-0.25, -0.2) is 0 Å². The second-order valence-corrected chi connectivity index (χ2v) is 8.02. The summed E-state index contributed by atoms with van der Waals surface area (Å²) in [6, 6.07) is 7.45. The van der Waals surface area contributed by atoms with Gasteiger partial charge in [0.05, 0.1) is 0 Å². The molecule has 0 radical (unpaired) electrons. The van der Waals surface area contributed by atoms with Crippen LogP contribution in [0.15, 0.2) is 22.7 Å². The third kappa shape index (κ3) is 4.72. The Morgan fingerprint density at radius 1 is 1.24 bits per heavy atom. The molecule has 0 saturated heterocycles. The lowest BCUT2D eigenvalue weighted by molar-refractivity contribution is 0.424. The standard InChI is InChI=1S/C18H29BrN2/c1-5-21(16-8-6-7-9-16)17-11-10-15(19)12-14(17)13-20-18(2,3)4/h10-12,16,20H,5-9,13H2,1-4H3. The van der Waals surface area contributed by atoms with Gasteiger partial charge in [0.15, 0.2) is 0 Å². The zero-order valence-electron chi connectivity index (χ0n) is 13.9. The number of nitrogens with one attached hydrogen (secondary N) is 1. The first-order valence-electron chi connectivity index (χ1n) is 8.21. The molecule has 21 heavy (non-hydrogen) atoms. The number of nitrogens with zero attached hydrogens (tertiary/aromatic N) is 1. The molecule has 118 valence electrons. The van der Waals surface area contributed by atoms with E-state index in [0.717, 1.165) is 19.1 Å². The summed E-state index contributed by atoms with van der Waals surface area (Å²) >= 11 is 3.63. The fraction of sp³-hybridized carbons (Fsp3) is 0.667. The molecule has 0 unspecified atom stereocenters. The Kier molecular flexibility index (Phi) is 5.73. The van der Waals surface area contributed by atoms with Gasteiger partial charge in [0.25, 0.3) is 0 Å². The van der Waals surface area contributed by atoms with Crippen molar-refractivity contribution in [1.82, 2.24) is 5.32 Å². The largest absolute Gasteiger partial charge is 0.369 e. The van der Waals surface area contributed by atoms with Crippen LogP contribution >= 0.6 is 15.9 Å². The molecule has 0 amide bonds. The number of anilines is 1. The van der Waals surface area contributed by atoms with E-state index >= 15 is 0 Å². The van der Waals surface area contributed by atoms with E-state index in [-0.39, 0.29) is 5.54 Å². The highest BCUT2D eigenvalue weighted by Gasteiger charge is 2.23. The van der Waals surface area contributed by atoms with Gasteiger partial charge in [-0.05, 0) is 64.3 Å². The minimum atomic E-state index is 0.143. The zero-order chi connectivity index (χ0) is 15.5. The molecule has 1 N–H and O–H groups in total. The molecular weight excluding hydrogens is 324 g/mol. The average molecular weight is 353 g/mol. The van der Waals surface area contributed by atoms with Gasteiger partial charge in [0, 0.05) is 34.8 Å². The van der Waals surface area contributed by atoms with Gasteiger partial charge in [0.1, 0.15) is 0 Å². The highest BCUT2D eigenvalue weighted by atomic mass is 79.9. The number of halogens is 1. The Morgan fingerprint density at radius 3 is 2.48 bits per heavy atom. The fourth-order valence-electron chi connectivity index (χ4n) is 3.18. The SMILES string of the molecule is CCN(c1ccc(Br)cc1CNC(C)(C)C)C1CCCC1. The summed E-state index contributed by atoms with van der Waals surface area (Å²) in [4.78, 5) is 2.61. The molecule has 0 atom stereocenters. The molecule has 2 rings (SSSR count). The molecule has 0 aromatic heterocycles. The quantitative estimate of drug-likeness (QED) is 0.792. The summed E-state index contributed by atoms with van der Waals surface area (Å²) in [5, 5.41) is 3.63. The summed E-state index contributed by atoms with van der Waals surface area (Å²) in [7, 11) is 0. The first-order chi connectivity index (χ1) is 9.90. The Morgan fingerprint density at radius 2 is 1.90 bits per heavy atom. The second-order valence-electron chi connectivity index (χ2n) is 7.10. The molecule has 0 bridgehead atoms. The minimum absolute atomic E-state index is 0.143. The van der Waals surface area contributed by atoms with Crippen molar-refractivity contribution >= 4 is 21.6 Å². The van der Waals surface area contributed by atoms with Gasteiger partial charge in [-0.1, -0.05) is 28.8 Å². The van der Waals surface area contributed by atoms with Crippen LogP contribution in [0.4, 0.5) is 5.69 Å². The van der Waals surface area contributed by atoms with E-state index in [1.165, 1.54) is 41.4 Å². The van der Waals surface area contributed by atoms with Crippen LogP contribution in [0.5, 0.6) is 0 Å². The normalized spacial score (nSPS) is 16.4. The molecule has 0 spiro atoms. The lowest BCUT2D eigenvalue weighted by Gasteiger charge is -2.32. The van der Waals surface area contributed by atoms with Crippen molar-refractivity contribution in [2.75, 3.05) is 11.4 Å². The minimum Gasteiger partial charge on any atom is -0.369 e. The van der Waals surface area contributed by atoms with Crippen LogP contribution in [-0.4, -0.2) is 18.1 Å². The summed E-state index contributed by atoms with van der Waals surface area (Å²) in [5.74, 6) is 0. The van der Waals surface area contributed by atoms with E-state index < -0.39 is 0 Å². The van der Waals surface area contributed by atoms with Crippen LogP contribution in [0.1, 0.15) is 58.9 Å². The van der Waals surface area contributed by atoms with Gasteiger partial charge < -0.3 is 10.2 Å². The highest BCUT2D eigenvalue weighted by molar-refractivity contribution is 9.10. The predicted molar refractivity (Wildman–Crippen MR) is 96.0 cm³/mol. The van der Waals surface area contributed by atoms with Crippen molar-refractivity contribution in [3.63, 3.8) is 0 Å². The van der Waals surface area contributed by atoms with Crippen LogP contribution in [0.2, 0.25) is 0 Å². The number of benzene rings is 1. The molecule has 1 aromatic carbocycles. The van der Waals surface area contributed by atoms with Gasteiger partial charge in [-0.3, -0.25) is 0 Å². The smallest absolute Gasteiger partial charge is 0.0415 e. The third-order valence-corrected chi connectivity index (χ3v) is 4.76. The molecule has 1 aromatic rings. The van der Waals surface area contributed by atoms with Crippen LogP contribution < -0.4 is 10.2 Å². The van der Waals surface area contributed by atoms with E-state index in [1.54, 1.807) is 0 Å². The third-order valence-electron chi connectivity index (χ3n) is 4.27. The van der Waals surface area contributed by atoms with Crippen molar-refractivity contribution < 1.29 is 0 Å². The molecule has 1 fully saturated rings. The highest BCUT2D eigenvalue weighted by Crippen LogP contribution is 2.32. The summed E-state index contributed by atoms with van der Waals surface area (Å²) in [5.41, 5.74) is 2.95.